The van der Waals surface area contributed by atoms with Crippen molar-refractivity contribution in [1.29, 1.82) is 0 Å². The molecule has 0 fully saturated rings. The summed E-state index contributed by atoms with van der Waals surface area (Å²) in [6.45, 7) is 0.623. The van der Waals surface area contributed by atoms with Gasteiger partial charge in [0.25, 0.3) is 5.91 Å². The van der Waals surface area contributed by atoms with Gasteiger partial charge in [0.05, 0.1) is 12.0 Å². The molecule has 2 aromatic carbocycles. The van der Waals surface area contributed by atoms with Gasteiger partial charge in [-0.3, -0.25) is 4.79 Å². The summed E-state index contributed by atoms with van der Waals surface area (Å²) in [5.41, 5.74) is 6.25. The number of thioether (sulfide) groups is 1. The van der Waals surface area contributed by atoms with Crippen molar-refractivity contribution in [3.8, 4) is 17.2 Å². The van der Waals surface area contributed by atoms with Crippen LogP contribution in [-0.2, 0) is 4.79 Å². The van der Waals surface area contributed by atoms with Crippen molar-refractivity contribution in [3.63, 3.8) is 0 Å². The Kier molecular flexibility index (Phi) is 6.26. The maximum absolute atomic E-state index is 11.8. The molecule has 1 aliphatic heterocycles. The highest BCUT2D eigenvalue weighted by Gasteiger charge is 2.20. The molecule has 0 aliphatic carbocycles. The molecule has 0 radical (unpaired) electrons. The fourth-order valence-corrected chi connectivity index (χ4v) is 3.22. The van der Waals surface area contributed by atoms with E-state index in [2.05, 4.69) is 4.99 Å². The molecular weight excluding hydrogens is 388 g/mol. The first-order valence-electron chi connectivity index (χ1n) is 8.03. The molecule has 2 N–H and O–H groups in total. The number of carbonyl (C=O) groups excluding carboxylic acids is 1. The van der Waals surface area contributed by atoms with Crippen molar-refractivity contribution in [3.05, 3.63) is 58.0 Å². The quantitative estimate of drug-likeness (QED) is 0.559. The second-order valence-electron chi connectivity index (χ2n) is 5.40. The Morgan fingerprint density at radius 1 is 1.11 bits per heavy atom. The summed E-state index contributed by atoms with van der Waals surface area (Å²) in [4.78, 5) is 15.9. The number of amides is 1. The van der Waals surface area contributed by atoms with Crippen LogP contribution in [0.15, 0.2) is 52.4 Å². The first-order chi connectivity index (χ1) is 13.1. The predicted octanol–water partition coefficient (Wildman–Crippen LogP) is 3.74. The van der Waals surface area contributed by atoms with E-state index in [1.54, 1.807) is 31.4 Å². The summed E-state index contributed by atoms with van der Waals surface area (Å²) in [5.74, 6) is 1.50. The third-order valence-corrected chi connectivity index (χ3v) is 4.61. The molecule has 0 unspecified atom stereocenters. The first-order valence-corrected chi connectivity index (χ1v) is 9.22. The molecule has 1 aliphatic rings. The Labute approximate surface area is 166 Å². The molecule has 27 heavy (non-hydrogen) atoms. The van der Waals surface area contributed by atoms with Crippen LogP contribution in [0.1, 0.15) is 5.56 Å². The van der Waals surface area contributed by atoms with E-state index in [9.17, 15) is 4.79 Å². The molecule has 0 saturated carbocycles. The summed E-state index contributed by atoms with van der Waals surface area (Å²) in [6.07, 6.45) is 1.67. The number of rotatable bonds is 7. The number of hydrogen-bond donors (Lipinski definition) is 1. The van der Waals surface area contributed by atoms with E-state index in [0.717, 1.165) is 11.8 Å². The zero-order valence-electron chi connectivity index (χ0n) is 14.5. The van der Waals surface area contributed by atoms with Gasteiger partial charge in [0.2, 0.25) is 0 Å². The Morgan fingerprint density at radius 2 is 1.81 bits per heavy atom. The minimum absolute atomic E-state index is 0.223. The van der Waals surface area contributed by atoms with Crippen molar-refractivity contribution >= 4 is 40.5 Å². The summed E-state index contributed by atoms with van der Waals surface area (Å²) in [5, 5.41) is 0.754. The number of ether oxygens (including phenoxy) is 3. The van der Waals surface area contributed by atoms with Crippen LogP contribution in [-0.4, -0.2) is 31.4 Å². The Hall–Kier alpha value is -2.64. The first kappa shape index (κ1) is 19.1. The number of aliphatic imine (C=N–C) groups is 1. The molecular formula is C19H17ClN2O4S. The summed E-state index contributed by atoms with van der Waals surface area (Å²) < 4.78 is 16.7. The van der Waals surface area contributed by atoms with Gasteiger partial charge in [0.15, 0.2) is 16.7 Å². The third kappa shape index (κ3) is 4.96. The monoisotopic (exact) mass is 404 g/mol. The van der Waals surface area contributed by atoms with Gasteiger partial charge in [0.1, 0.15) is 19.0 Å². The molecule has 2 aromatic rings. The Morgan fingerprint density at radius 3 is 2.48 bits per heavy atom. The van der Waals surface area contributed by atoms with E-state index >= 15 is 0 Å². The van der Waals surface area contributed by atoms with E-state index in [4.69, 9.17) is 31.5 Å². The van der Waals surface area contributed by atoms with Crippen molar-refractivity contribution in [2.75, 3.05) is 20.3 Å². The Bertz CT molecular complexity index is 914. The van der Waals surface area contributed by atoms with Gasteiger partial charge >= 0.3 is 0 Å². The van der Waals surface area contributed by atoms with Gasteiger partial charge < -0.3 is 19.9 Å². The number of nitrogens with two attached hydrogens (primary N) is 1. The third-order valence-electron chi connectivity index (χ3n) is 3.56. The van der Waals surface area contributed by atoms with Crippen LogP contribution in [0.3, 0.4) is 0 Å². The maximum Gasteiger partial charge on any atom is 0.286 e. The minimum atomic E-state index is -0.372. The van der Waals surface area contributed by atoms with Gasteiger partial charge in [-0.2, -0.15) is 4.99 Å². The van der Waals surface area contributed by atoms with Crippen molar-refractivity contribution < 1.29 is 19.0 Å². The van der Waals surface area contributed by atoms with Crippen LogP contribution in [0.25, 0.3) is 6.08 Å². The highest BCUT2D eigenvalue weighted by molar-refractivity contribution is 8.18. The van der Waals surface area contributed by atoms with Crippen molar-refractivity contribution in [1.82, 2.24) is 0 Å². The Balaban J connectivity index is 1.65. The normalized spacial score (nSPS) is 15.0. The number of halogens is 1. The summed E-state index contributed by atoms with van der Waals surface area (Å²) in [7, 11) is 1.59. The molecule has 0 spiro atoms. The molecule has 0 aromatic heterocycles. The lowest BCUT2D eigenvalue weighted by atomic mass is 10.2. The van der Waals surface area contributed by atoms with E-state index in [1.807, 2.05) is 24.3 Å². The number of nitrogens with zero attached hydrogens (tertiary/aromatic N) is 1. The average molecular weight is 405 g/mol. The number of para-hydroxylation sites is 2. The minimum Gasteiger partial charge on any atom is -0.493 e. The van der Waals surface area contributed by atoms with E-state index in [1.165, 1.54) is 0 Å². The molecule has 1 amide bonds. The molecule has 0 atom stereocenters. The smallest absolute Gasteiger partial charge is 0.286 e. The largest absolute Gasteiger partial charge is 0.493 e. The molecule has 0 saturated heterocycles. The van der Waals surface area contributed by atoms with Crippen LogP contribution in [0.2, 0.25) is 5.02 Å². The molecule has 3 rings (SSSR count). The predicted molar refractivity (Wildman–Crippen MR) is 108 cm³/mol. The highest BCUT2D eigenvalue weighted by atomic mass is 35.5. The van der Waals surface area contributed by atoms with Crippen molar-refractivity contribution in [2.45, 2.75) is 0 Å². The summed E-state index contributed by atoms with van der Waals surface area (Å²) >= 11 is 7.19. The van der Waals surface area contributed by atoms with Gasteiger partial charge in [-0.1, -0.05) is 23.7 Å². The molecule has 140 valence electrons. The number of carbonyl (C=O) groups is 1. The van der Waals surface area contributed by atoms with Gasteiger partial charge in [-0.15, -0.1) is 0 Å². The zero-order valence-corrected chi connectivity index (χ0v) is 16.0. The van der Waals surface area contributed by atoms with E-state index < -0.39 is 0 Å². The molecule has 8 heteroatoms. The van der Waals surface area contributed by atoms with Crippen LogP contribution >= 0.6 is 23.4 Å². The molecule has 1 heterocycles. The van der Waals surface area contributed by atoms with Crippen LogP contribution in [0.5, 0.6) is 17.2 Å². The standard InChI is InChI=1S/C19H17ClN2O4S/c1-24-15-4-2-3-5-16(15)26-9-8-25-14-7-6-13(20)10-12(14)11-17-18(23)22-19(21)27-17/h2-7,10-11H,8-9H2,1H3,(H2,21,22,23)/b17-11-. The van der Waals surface area contributed by atoms with Gasteiger partial charge in [-0.25, -0.2) is 0 Å². The fourth-order valence-electron chi connectivity index (χ4n) is 2.37. The number of benzene rings is 2. The fraction of sp³-hybridized carbons (Fsp3) is 0.158. The zero-order chi connectivity index (χ0) is 19.2. The second-order valence-corrected chi connectivity index (χ2v) is 6.89. The molecule has 0 bridgehead atoms. The van der Waals surface area contributed by atoms with E-state index in [-0.39, 0.29) is 11.1 Å². The summed E-state index contributed by atoms with van der Waals surface area (Å²) in [6, 6.07) is 12.6. The van der Waals surface area contributed by atoms with Crippen LogP contribution in [0, 0.1) is 0 Å². The number of amidine groups is 1. The SMILES string of the molecule is COc1ccccc1OCCOc1ccc(Cl)cc1/C=C1\SC(N)=NC1=O. The lowest BCUT2D eigenvalue weighted by molar-refractivity contribution is -0.113. The second kappa shape index (κ2) is 8.83. The van der Waals surface area contributed by atoms with Crippen LogP contribution in [0.4, 0.5) is 0 Å². The van der Waals surface area contributed by atoms with Crippen LogP contribution < -0.4 is 19.9 Å². The number of methoxy groups -OCH3 is 1. The van der Waals surface area contributed by atoms with E-state index in [0.29, 0.717) is 46.0 Å². The lowest BCUT2D eigenvalue weighted by Crippen LogP contribution is -2.10. The average Bonchev–Trinajstić information content (AvgIpc) is 2.97. The van der Waals surface area contributed by atoms with Crippen molar-refractivity contribution in [2.24, 2.45) is 10.7 Å². The van der Waals surface area contributed by atoms with Gasteiger partial charge in [-0.05, 0) is 48.2 Å². The lowest BCUT2D eigenvalue weighted by Gasteiger charge is -2.12. The molecule has 6 nitrogen and oxygen atoms in total. The number of hydrogen-bond acceptors (Lipinski definition) is 6. The topological polar surface area (TPSA) is 83.1 Å². The van der Waals surface area contributed by atoms with Gasteiger partial charge in [0, 0.05) is 10.6 Å². The maximum atomic E-state index is 11.8. The highest BCUT2D eigenvalue weighted by Crippen LogP contribution is 2.31.